The number of esters is 1. The molecule has 24 heavy (non-hydrogen) atoms. The van der Waals surface area contributed by atoms with E-state index in [4.69, 9.17) is 4.74 Å². The van der Waals surface area contributed by atoms with Crippen molar-refractivity contribution in [2.24, 2.45) is 0 Å². The smallest absolute Gasteiger partial charge is 0.333 e. The Balaban J connectivity index is 2.49. The summed E-state index contributed by atoms with van der Waals surface area (Å²) in [6, 6.07) is 9.93. The standard InChI is InChI=1S/C20H22N2O2/c1-5-10-18-21-17(14-24-20(23)15(3)4)19(22(18)13-6-2)16-11-8-7-9-12-16/h5-9,11-12H,1-3,10,13-14H2,4H3. The van der Waals surface area contributed by atoms with E-state index in [0.717, 1.165) is 22.8 Å². The van der Waals surface area contributed by atoms with Crippen LogP contribution in [0.15, 0.2) is 67.8 Å². The molecule has 0 aliphatic rings. The Kier molecular flexibility index (Phi) is 5.90. The maximum atomic E-state index is 11.7. The molecule has 0 N–H and O–H groups in total. The summed E-state index contributed by atoms with van der Waals surface area (Å²) in [7, 11) is 0. The molecule has 1 heterocycles. The lowest BCUT2D eigenvalue weighted by Gasteiger charge is -2.11. The Labute approximate surface area is 142 Å². The highest BCUT2D eigenvalue weighted by Gasteiger charge is 2.18. The maximum absolute atomic E-state index is 11.7. The monoisotopic (exact) mass is 322 g/mol. The van der Waals surface area contributed by atoms with Gasteiger partial charge in [-0.15, -0.1) is 13.2 Å². The summed E-state index contributed by atoms with van der Waals surface area (Å²) >= 11 is 0. The summed E-state index contributed by atoms with van der Waals surface area (Å²) in [6.45, 7) is 13.6. The van der Waals surface area contributed by atoms with Gasteiger partial charge >= 0.3 is 5.97 Å². The van der Waals surface area contributed by atoms with Gasteiger partial charge < -0.3 is 9.30 Å². The molecule has 1 aromatic heterocycles. The van der Waals surface area contributed by atoms with Crippen LogP contribution in [0.5, 0.6) is 0 Å². The van der Waals surface area contributed by atoms with Crippen molar-refractivity contribution in [3.63, 3.8) is 0 Å². The van der Waals surface area contributed by atoms with Gasteiger partial charge in [0.1, 0.15) is 18.1 Å². The summed E-state index contributed by atoms with van der Waals surface area (Å²) in [6.07, 6.45) is 4.26. The predicted molar refractivity (Wildman–Crippen MR) is 96.4 cm³/mol. The van der Waals surface area contributed by atoms with Crippen LogP contribution in [0, 0.1) is 0 Å². The van der Waals surface area contributed by atoms with Crippen LogP contribution in [-0.2, 0) is 29.1 Å². The second-order valence-corrected chi connectivity index (χ2v) is 5.44. The van der Waals surface area contributed by atoms with Crippen LogP contribution < -0.4 is 0 Å². The number of hydrogen-bond acceptors (Lipinski definition) is 3. The molecular formula is C20H22N2O2. The number of rotatable bonds is 8. The van der Waals surface area contributed by atoms with Gasteiger partial charge in [-0.05, 0) is 6.92 Å². The fourth-order valence-corrected chi connectivity index (χ4v) is 2.44. The van der Waals surface area contributed by atoms with Gasteiger partial charge in [0.25, 0.3) is 0 Å². The number of allylic oxidation sites excluding steroid dienone is 2. The molecule has 0 unspecified atom stereocenters. The second kappa shape index (κ2) is 8.11. The highest BCUT2D eigenvalue weighted by Crippen LogP contribution is 2.26. The second-order valence-electron chi connectivity index (χ2n) is 5.44. The van der Waals surface area contributed by atoms with Gasteiger partial charge in [-0.2, -0.15) is 0 Å². The van der Waals surface area contributed by atoms with E-state index in [1.165, 1.54) is 0 Å². The van der Waals surface area contributed by atoms with Crippen molar-refractivity contribution in [1.29, 1.82) is 0 Å². The lowest BCUT2D eigenvalue weighted by Crippen LogP contribution is -2.06. The molecule has 0 fully saturated rings. The van der Waals surface area contributed by atoms with Crippen LogP contribution >= 0.6 is 0 Å². The average molecular weight is 322 g/mol. The Morgan fingerprint density at radius 3 is 2.54 bits per heavy atom. The number of ether oxygens (including phenoxy) is 1. The van der Waals surface area contributed by atoms with Gasteiger partial charge in [-0.3, -0.25) is 0 Å². The minimum absolute atomic E-state index is 0.101. The summed E-state index contributed by atoms with van der Waals surface area (Å²) < 4.78 is 7.39. The minimum Gasteiger partial charge on any atom is -0.456 e. The van der Waals surface area contributed by atoms with Crippen molar-refractivity contribution in [3.8, 4) is 11.3 Å². The van der Waals surface area contributed by atoms with Crippen molar-refractivity contribution in [1.82, 2.24) is 9.55 Å². The molecule has 2 aromatic rings. The molecule has 4 heteroatoms. The van der Waals surface area contributed by atoms with Gasteiger partial charge in [-0.25, -0.2) is 9.78 Å². The first-order valence-electron chi connectivity index (χ1n) is 7.76. The van der Waals surface area contributed by atoms with E-state index < -0.39 is 5.97 Å². The summed E-state index contributed by atoms with van der Waals surface area (Å²) in [5.74, 6) is 0.447. The Bertz CT molecular complexity index is 757. The summed E-state index contributed by atoms with van der Waals surface area (Å²) in [4.78, 5) is 16.4. The lowest BCUT2D eigenvalue weighted by atomic mass is 10.1. The molecule has 0 atom stereocenters. The molecule has 0 radical (unpaired) electrons. The number of carbonyl (C=O) groups is 1. The van der Waals surface area contributed by atoms with E-state index in [-0.39, 0.29) is 6.61 Å². The molecule has 0 spiro atoms. The Hall–Kier alpha value is -2.88. The normalized spacial score (nSPS) is 10.2. The quantitative estimate of drug-likeness (QED) is 0.418. The van der Waals surface area contributed by atoms with Crippen molar-refractivity contribution in [2.45, 2.75) is 26.5 Å². The average Bonchev–Trinajstić information content (AvgIpc) is 2.91. The first-order chi connectivity index (χ1) is 11.6. The Morgan fingerprint density at radius 1 is 1.25 bits per heavy atom. The molecule has 4 nitrogen and oxygen atoms in total. The lowest BCUT2D eigenvalue weighted by molar-refractivity contribution is -0.140. The van der Waals surface area contributed by atoms with Crippen LogP contribution in [-0.4, -0.2) is 15.5 Å². The molecule has 0 aliphatic carbocycles. The van der Waals surface area contributed by atoms with Gasteiger partial charge in [0.05, 0.1) is 5.69 Å². The van der Waals surface area contributed by atoms with Crippen LogP contribution in [0.1, 0.15) is 18.4 Å². The molecule has 0 bridgehead atoms. The van der Waals surface area contributed by atoms with Crippen molar-refractivity contribution in [3.05, 3.63) is 79.3 Å². The van der Waals surface area contributed by atoms with E-state index in [9.17, 15) is 4.79 Å². The zero-order valence-electron chi connectivity index (χ0n) is 14.0. The minimum atomic E-state index is -0.419. The van der Waals surface area contributed by atoms with E-state index in [2.05, 4.69) is 29.3 Å². The van der Waals surface area contributed by atoms with Crippen LogP contribution in [0.25, 0.3) is 11.3 Å². The Morgan fingerprint density at radius 2 is 1.96 bits per heavy atom. The molecule has 0 saturated carbocycles. The number of carbonyl (C=O) groups excluding carboxylic acids is 1. The molecule has 1 aromatic carbocycles. The van der Waals surface area contributed by atoms with Crippen molar-refractivity contribution < 1.29 is 9.53 Å². The topological polar surface area (TPSA) is 44.1 Å². The first kappa shape index (κ1) is 17.5. The summed E-state index contributed by atoms with van der Waals surface area (Å²) in [5.41, 5.74) is 3.04. The highest BCUT2D eigenvalue weighted by molar-refractivity contribution is 5.87. The number of nitrogens with zero attached hydrogens (tertiary/aromatic N) is 2. The van der Waals surface area contributed by atoms with Crippen LogP contribution in [0.2, 0.25) is 0 Å². The number of imidazole rings is 1. The zero-order valence-corrected chi connectivity index (χ0v) is 14.0. The SMILES string of the molecule is C=CCc1nc(COC(=O)C(=C)C)c(-c2ccccc2)n1CC=C. The number of hydrogen-bond donors (Lipinski definition) is 0. The van der Waals surface area contributed by atoms with Crippen molar-refractivity contribution >= 4 is 5.97 Å². The molecule has 124 valence electrons. The fourth-order valence-electron chi connectivity index (χ4n) is 2.44. The molecular weight excluding hydrogens is 300 g/mol. The molecule has 0 amide bonds. The van der Waals surface area contributed by atoms with Gasteiger partial charge in [0.2, 0.25) is 0 Å². The van der Waals surface area contributed by atoms with Gasteiger partial charge in [0.15, 0.2) is 0 Å². The van der Waals surface area contributed by atoms with Gasteiger partial charge in [0, 0.05) is 24.1 Å². The van der Waals surface area contributed by atoms with Crippen molar-refractivity contribution in [2.75, 3.05) is 0 Å². The van der Waals surface area contributed by atoms with E-state index in [0.29, 0.717) is 18.5 Å². The first-order valence-corrected chi connectivity index (χ1v) is 7.76. The number of benzene rings is 1. The largest absolute Gasteiger partial charge is 0.456 e. The van der Waals surface area contributed by atoms with Gasteiger partial charge in [-0.1, -0.05) is 49.1 Å². The van der Waals surface area contributed by atoms with E-state index >= 15 is 0 Å². The predicted octanol–water partition coefficient (Wildman–Crippen LogP) is 4.08. The third-order valence-electron chi connectivity index (χ3n) is 3.49. The highest BCUT2D eigenvalue weighted by atomic mass is 16.5. The van der Waals surface area contributed by atoms with Crippen LogP contribution in [0.4, 0.5) is 0 Å². The van der Waals surface area contributed by atoms with E-state index in [1.54, 1.807) is 13.0 Å². The summed E-state index contributed by atoms with van der Waals surface area (Å²) in [5, 5.41) is 0. The van der Waals surface area contributed by atoms with E-state index in [1.807, 2.05) is 36.4 Å². The third kappa shape index (κ3) is 3.90. The molecule has 0 saturated heterocycles. The fraction of sp³-hybridized carbons (Fsp3) is 0.200. The number of aromatic nitrogens is 2. The molecule has 2 rings (SSSR count). The molecule has 0 aliphatic heterocycles. The zero-order chi connectivity index (χ0) is 17.5. The van der Waals surface area contributed by atoms with Crippen LogP contribution in [0.3, 0.4) is 0 Å². The third-order valence-corrected chi connectivity index (χ3v) is 3.49. The maximum Gasteiger partial charge on any atom is 0.333 e.